The molecule has 2 heterocycles. The molecule has 1 N–H and O–H groups in total. The fourth-order valence-electron chi connectivity index (χ4n) is 2.69. The number of hydrogen-bond donors (Lipinski definition) is 1. The molecule has 0 unspecified atom stereocenters. The molecule has 0 radical (unpaired) electrons. The van der Waals surface area contributed by atoms with Crippen molar-refractivity contribution in [3.8, 4) is 0 Å². The fraction of sp³-hybridized carbons (Fsp3) is 0.412. The third-order valence-corrected chi connectivity index (χ3v) is 5.23. The van der Waals surface area contributed by atoms with Crippen molar-refractivity contribution >= 4 is 34.0 Å². The molecule has 0 bridgehead atoms. The summed E-state index contributed by atoms with van der Waals surface area (Å²) < 4.78 is 0. The van der Waals surface area contributed by atoms with Crippen LogP contribution in [0, 0.1) is 0 Å². The lowest BCUT2D eigenvalue weighted by molar-refractivity contribution is 0.0954. The number of carbonyl (C=O) groups excluding carboxylic acids is 1. The highest BCUT2D eigenvalue weighted by molar-refractivity contribution is 7.13. The number of carbonyl (C=O) groups is 1. The molecular formula is C17H20ClN3OS. The van der Waals surface area contributed by atoms with Gasteiger partial charge in [-0.05, 0) is 31.4 Å². The predicted molar refractivity (Wildman–Crippen MR) is 95.7 cm³/mol. The minimum atomic E-state index is -0.137. The van der Waals surface area contributed by atoms with Gasteiger partial charge < -0.3 is 10.2 Å². The fourth-order valence-corrected chi connectivity index (χ4v) is 3.82. The second kappa shape index (κ2) is 7.79. The van der Waals surface area contributed by atoms with Gasteiger partial charge in [0.05, 0.1) is 16.3 Å². The van der Waals surface area contributed by atoms with E-state index in [0.717, 1.165) is 30.3 Å². The van der Waals surface area contributed by atoms with Crippen molar-refractivity contribution < 1.29 is 4.79 Å². The number of aromatic nitrogens is 1. The summed E-state index contributed by atoms with van der Waals surface area (Å²) in [5.74, 6) is -0.137. The maximum atomic E-state index is 12.1. The molecular weight excluding hydrogens is 330 g/mol. The van der Waals surface area contributed by atoms with E-state index in [4.69, 9.17) is 11.6 Å². The Kier molecular flexibility index (Phi) is 5.51. The summed E-state index contributed by atoms with van der Waals surface area (Å²) in [6.45, 7) is 2.78. The molecule has 23 heavy (non-hydrogen) atoms. The van der Waals surface area contributed by atoms with Crippen LogP contribution in [0.1, 0.15) is 35.3 Å². The van der Waals surface area contributed by atoms with Crippen LogP contribution >= 0.6 is 22.9 Å². The molecule has 1 amide bonds. The minimum Gasteiger partial charge on any atom is -0.352 e. The number of halogens is 1. The summed E-state index contributed by atoms with van der Waals surface area (Å²) in [5, 5.41) is 6.58. The van der Waals surface area contributed by atoms with Crippen LogP contribution in [-0.2, 0) is 6.42 Å². The zero-order valence-corrected chi connectivity index (χ0v) is 14.5. The van der Waals surface area contributed by atoms with Crippen LogP contribution in [0.5, 0.6) is 0 Å². The lowest BCUT2D eigenvalue weighted by Gasteiger charge is -2.25. The molecule has 6 heteroatoms. The summed E-state index contributed by atoms with van der Waals surface area (Å²) in [7, 11) is 0. The SMILES string of the molecule is O=C(NCCc1csc(N2CCCCC2)n1)c1ccccc1Cl. The number of benzene rings is 1. The lowest BCUT2D eigenvalue weighted by Crippen LogP contribution is -2.29. The smallest absolute Gasteiger partial charge is 0.252 e. The molecule has 1 aromatic heterocycles. The molecule has 1 aromatic carbocycles. The van der Waals surface area contributed by atoms with Crippen LogP contribution < -0.4 is 10.2 Å². The van der Waals surface area contributed by atoms with E-state index in [2.05, 4.69) is 20.6 Å². The number of piperidine rings is 1. The van der Waals surface area contributed by atoms with Gasteiger partial charge in [-0.2, -0.15) is 0 Å². The zero-order chi connectivity index (χ0) is 16.1. The first-order valence-electron chi connectivity index (χ1n) is 7.96. The van der Waals surface area contributed by atoms with Crippen LogP contribution in [0.25, 0.3) is 0 Å². The first-order valence-corrected chi connectivity index (χ1v) is 9.22. The normalized spacial score (nSPS) is 14.7. The summed E-state index contributed by atoms with van der Waals surface area (Å²) in [4.78, 5) is 19.1. The van der Waals surface area contributed by atoms with Crippen LogP contribution in [0.3, 0.4) is 0 Å². The Labute approximate surface area is 145 Å². The monoisotopic (exact) mass is 349 g/mol. The standard InChI is InChI=1S/C17H20ClN3OS/c18-15-7-3-2-6-14(15)16(22)19-9-8-13-12-23-17(20-13)21-10-4-1-5-11-21/h2-3,6-7,12H,1,4-5,8-11H2,(H,19,22). The Hall–Kier alpha value is -1.59. The van der Waals surface area contributed by atoms with Gasteiger partial charge in [-0.3, -0.25) is 4.79 Å². The van der Waals surface area contributed by atoms with Crippen molar-refractivity contribution in [2.45, 2.75) is 25.7 Å². The molecule has 0 atom stereocenters. The van der Waals surface area contributed by atoms with Crippen molar-refractivity contribution in [2.24, 2.45) is 0 Å². The van der Waals surface area contributed by atoms with Gasteiger partial charge in [0.15, 0.2) is 5.13 Å². The third-order valence-electron chi connectivity index (χ3n) is 3.95. The van der Waals surface area contributed by atoms with Crippen LogP contribution in [0.2, 0.25) is 5.02 Å². The Morgan fingerprint density at radius 3 is 2.83 bits per heavy atom. The predicted octanol–water partition coefficient (Wildman–Crippen LogP) is 3.76. The molecule has 1 fully saturated rings. The minimum absolute atomic E-state index is 0.137. The number of rotatable bonds is 5. The first kappa shape index (κ1) is 16.3. The van der Waals surface area contributed by atoms with Crippen molar-refractivity contribution in [2.75, 3.05) is 24.5 Å². The van der Waals surface area contributed by atoms with Gasteiger partial charge in [0, 0.05) is 31.4 Å². The molecule has 1 aliphatic heterocycles. The van der Waals surface area contributed by atoms with E-state index in [-0.39, 0.29) is 5.91 Å². The molecule has 2 aromatic rings. The second-order valence-corrected chi connectivity index (χ2v) is 6.90. The number of hydrogen-bond acceptors (Lipinski definition) is 4. The largest absolute Gasteiger partial charge is 0.352 e. The summed E-state index contributed by atoms with van der Waals surface area (Å²) in [6.07, 6.45) is 4.56. The highest BCUT2D eigenvalue weighted by atomic mass is 35.5. The van der Waals surface area contributed by atoms with Gasteiger partial charge in [0.25, 0.3) is 5.91 Å². The molecule has 1 aliphatic rings. The second-order valence-electron chi connectivity index (χ2n) is 5.65. The van der Waals surface area contributed by atoms with Gasteiger partial charge in [0.2, 0.25) is 0 Å². The summed E-state index contributed by atoms with van der Waals surface area (Å²) >= 11 is 7.72. The Morgan fingerprint density at radius 1 is 1.26 bits per heavy atom. The number of amides is 1. The quantitative estimate of drug-likeness (QED) is 0.893. The number of thiazole rings is 1. The van der Waals surface area contributed by atoms with Gasteiger partial charge >= 0.3 is 0 Å². The van der Waals surface area contributed by atoms with E-state index >= 15 is 0 Å². The molecule has 122 valence electrons. The highest BCUT2D eigenvalue weighted by Gasteiger charge is 2.14. The van der Waals surface area contributed by atoms with Crippen molar-refractivity contribution in [1.82, 2.24) is 10.3 Å². The first-order chi connectivity index (χ1) is 11.2. The van der Waals surface area contributed by atoms with Gasteiger partial charge in [0.1, 0.15) is 0 Å². The van der Waals surface area contributed by atoms with Gasteiger partial charge in [-0.15, -0.1) is 11.3 Å². The molecule has 0 saturated carbocycles. The van der Waals surface area contributed by atoms with E-state index < -0.39 is 0 Å². The van der Waals surface area contributed by atoms with E-state index in [1.165, 1.54) is 19.3 Å². The number of anilines is 1. The van der Waals surface area contributed by atoms with Gasteiger partial charge in [-0.25, -0.2) is 4.98 Å². The Bertz CT molecular complexity index is 667. The van der Waals surface area contributed by atoms with E-state index in [0.29, 0.717) is 17.1 Å². The van der Waals surface area contributed by atoms with Crippen LogP contribution in [0.4, 0.5) is 5.13 Å². The zero-order valence-electron chi connectivity index (χ0n) is 12.9. The third kappa shape index (κ3) is 4.24. The van der Waals surface area contributed by atoms with Crippen molar-refractivity contribution in [3.63, 3.8) is 0 Å². The molecule has 4 nitrogen and oxygen atoms in total. The average molecular weight is 350 g/mol. The van der Waals surface area contributed by atoms with Crippen LogP contribution in [-0.4, -0.2) is 30.5 Å². The number of nitrogens with zero attached hydrogens (tertiary/aromatic N) is 2. The molecule has 3 rings (SSSR count). The van der Waals surface area contributed by atoms with E-state index in [1.807, 2.05) is 12.1 Å². The highest BCUT2D eigenvalue weighted by Crippen LogP contribution is 2.24. The van der Waals surface area contributed by atoms with Gasteiger partial charge in [-0.1, -0.05) is 23.7 Å². The molecule has 1 saturated heterocycles. The number of nitrogens with one attached hydrogen (secondary N) is 1. The maximum absolute atomic E-state index is 12.1. The van der Waals surface area contributed by atoms with E-state index in [9.17, 15) is 4.79 Å². The van der Waals surface area contributed by atoms with Crippen LogP contribution in [0.15, 0.2) is 29.6 Å². The lowest BCUT2D eigenvalue weighted by atomic mass is 10.1. The Balaban J connectivity index is 1.50. The summed E-state index contributed by atoms with van der Waals surface area (Å²) in [5.41, 5.74) is 1.55. The average Bonchev–Trinajstić information content (AvgIpc) is 3.05. The Morgan fingerprint density at radius 2 is 2.04 bits per heavy atom. The van der Waals surface area contributed by atoms with Crippen molar-refractivity contribution in [3.05, 3.63) is 45.9 Å². The topological polar surface area (TPSA) is 45.2 Å². The van der Waals surface area contributed by atoms with E-state index in [1.54, 1.807) is 23.5 Å². The summed E-state index contributed by atoms with van der Waals surface area (Å²) in [6, 6.07) is 7.08. The van der Waals surface area contributed by atoms with Crippen molar-refractivity contribution in [1.29, 1.82) is 0 Å². The molecule has 0 spiro atoms. The molecule has 0 aliphatic carbocycles. The maximum Gasteiger partial charge on any atom is 0.252 e.